The minimum Gasteiger partial charge on any atom is -0.364 e. The Bertz CT molecular complexity index is 681. The van der Waals surface area contributed by atoms with Crippen molar-refractivity contribution < 1.29 is 4.74 Å². The molecule has 22 heavy (non-hydrogen) atoms. The van der Waals surface area contributed by atoms with E-state index in [1.165, 1.54) is 0 Å². The molecule has 0 aliphatic heterocycles. The Balaban J connectivity index is 2.28. The fourth-order valence-corrected chi connectivity index (χ4v) is 3.15. The first-order valence-electron chi connectivity index (χ1n) is 7.19. The highest BCUT2D eigenvalue weighted by Crippen LogP contribution is 2.40. The van der Waals surface area contributed by atoms with E-state index >= 15 is 0 Å². The van der Waals surface area contributed by atoms with Crippen LogP contribution in [0.5, 0.6) is 0 Å². The van der Waals surface area contributed by atoms with E-state index in [-0.39, 0.29) is 0 Å². The molecule has 0 aliphatic carbocycles. The summed E-state index contributed by atoms with van der Waals surface area (Å²) in [7, 11) is 1.77. The van der Waals surface area contributed by atoms with E-state index in [0.29, 0.717) is 0 Å². The lowest BCUT2D eigenvalue weighted by atomic mass is 9.80. The third kappa shape index (κ3) is 2.60. The van der Waals surface area contributed by atoms with Crippen molar-refractivity contribution in [1.29, 1.82) is 0 Å². The first kappa shape index (κ1) is 15.0. The number of hydrogen-bond donors (Lipinski definition) is 0. The molecule has 3 rings (SSSR count). The van der Waals surface area contributed by atoms with E-state index in [9.17, 15) is 0 Å². The molecule has 0 saturated carbocycles. The van der Waals surface area contributed by atoms with Crippen molar-refractivity contribution >= 4 is 15.9 Å². The van der Waals surface area contributed by atoms with Crippen LogP contribution in [0.3, 0.4) is 0 Å². The Kier molecular flexibility index (Phi) is 4.41. The Hall–Kier alpha value is -1.90. The molecule has 3 aromatic carbocycles. The molecule has 0 aliphatic rings. The third-order valence-corrected chi connectivity index (χ3v) is 4.45. The van der Waals surface area contributed by atoms with Crippen molar-refractivity contribution in [2.75, 3.05) is 7.11 Å². The van der Waals surface area contributed by atoms with Crippen LogP contribution in [0.25, 0.3) is 0 Å². The van der Waals surface area contributed by atoms with Crippen LogP contribution < -0.4 is 0 Å². The molecule has 110 valence electrons. The molecule has 0 aromatic heterocycles. The van der Waals surface area contributed by atoms with E-state index in [4.69, 9.17) is 4.74 Å². The fourth-order valence-electron chi connectivity index (χ4n) is 2.88. The molecule has 0 heterocycles. The molecule has 0 N–H and O–H groups in total. The molecular weight excluding hydrogens is 336 g/mol. The summed E-state index contributed by atoms with van der Waals surface area (Å²) in [4.78, 5) is 0. The van der Waals surface area contributed by atoms with Crippen LogP contribution >= 0.6 is 15.9 Å². The lowest BCUT2D eigenvalue weighted by molar-refractivity contribution is 0.0585. The standard InChI is InChI=1S/C20H17BrO/c1-22-20(16-8-4-2-5-9-16,17-10-6-3-7-11-17)18-12-14-19(21)15-13-18/h2-15H,1H3. The Morgan fingerprint density at radius 3 is 1.45 bits per heavy atom. The largest absolute Gasteiger partial charge is 0.364 e. The highest BCUT2D eigenvalue weighted by molar-refractivity contribution is 9.10. The van der Waals surface area contributed by atoms with E-state index in [0.717, 1.165) is 21.2 Å². The molecule has 3 aromatic rings. The van der Waals surface area contributed by atoms with Crippen LogP contribution in [0.2, 0.25) is 0 Å². The summed E-state index contributed by atoms with van der Waals surface area (Å²) in [6.07, 6.45) is 0. The summed E-state index contributed by atoms with van der Waals surface area (Å²) >= 11 is 3.51. The Labute approximate surface area is 139 Å². The van der Waals surface area contributed by atoms with Crippen LogP contribution in [0.15, 0.2) is 89.4 Å². The molecule has 0 amide bonds. The second kappa shape index (κ2) is 6.47. The topological polar surface area (TPSA) is 9.23 Å². The second-order valence-corrected chi connectivity index (χ2v) is 6.04. The zero-order valence-corrected chi connectivity index (χ0v) is 14.0. The molecule has 0 saturated heterocycles. The minimum absolute atomic E-state index is 0.608. The number of hydrogen-bond acceptors (Lipinski definition) is 1. The Morgan fingerprint density at radius 1 is 0.636 bits per heavy atom. The van der Waals surface area contributed by atoms with Gasteiger partial charge >= 0.3 is 0 Å². The van der Waals surface area contributed by atoms with Crippen LogP contribution in [0.4, 0.5) is 0 Å². The summed E-state index contributed by atoms with van der Waals surface area (Å²) in [6, 6.07) is 29.0. The molecule has 0 bridgehead atoms. The smallest absolute Gasteiger partial charge is 0.143 e. The fraction of sp³-hybridized carbons (Fsp3) is 0.100. The molecule has 1 nitrogen and oxygen atoms in total. The van der Waals surface area contributed by atoms with Gasteiger partial charge in [0, 0.05) is 11.6 Å². The number of rotatable bonds is 4. The van der Waals surface area contributed by atoms with E-state index in [2.05, 4.69) is 64.5 Å². The van der Waals surface area contributed by atoms with Crippen LogP contribution in [0, 0.1) is 0 Å². The number of ether oxygens (including phenoxy) is 1. The summed E-state index contributed by atoms with van der Waals surface area (Å²) in [5.41, 5.74) is 2.73. The number of methoxy groups -OCH3 is 1. The maximum absolute atomic E-state index is 6.12. The highest BCUT2D eigenvalue weighted by Gasteiger charge is 2.36. The SMILES string of the molecule is COC(c1ccccc1)(c1ccccc1)c1ccc(Br)cc1. The van der Waals surface area contributed by atoms with E-state index in [1.54, 1.807) is 7.11 Å². The second-order valence-electron chi connectivity index (χ2n) is 5.12. The molecule has 0 spiro atoms. The number of halogens is 1. The summed E-state index contributed by atoms with van der Waals surface area (Å²) in [5.74, 6) is 0. The summed E-state index contributed by atoms with van der Waals surface area (Å²) in [5, 5.41) is 0. The monoisotopic (exact) mass is 352 g/mol. The van der Waals surface area contributed by atoms with Gasteiger partial charge in [-0.3, -0.25) is 0 Å². The van der Waals surface area contributed by atoms with Gasteiger partial charge < -0.3 is 4.74 Å². The van der Waals surface area contributed by atoms with Crippen molar-refractivity contribution in [1.82, 2.24) is 0 Å². The van der Waals surface area contributed by atoms with Crippen LogP contribution in [-0.2, 0) is 10.3 Å². The highest BCUT2D eigenvalue weighted by atomic mass is 79.9. The van der Waals surface area contributed by atoms with Gasteiger partial charge in [0.05, 0.1) is 0 Å². The predicted molar refractivity (Wildman–Crippen MR) is 93.9 cm³/mol. The van der Waals surface area contributed by atoms with Gasteiger partial charge in [-0.1, -0.05) is 88.7 Å². The van der Waals surface area contributed by atoms with Gasteiger partial charge in [0.15, 0.2) is 0 Å². The summed E-state index contributed by atoms with van der Waals surface area (Å²) < 4.78 is 7.18. The maximum Gasteiger partial charge on any atom is 0.143 e. The van der Waals surface area contributed by atoms with Crippen molar-refractivity contribution in [3.8, 4) is 0 Å². The van der Waals surface area contributed by atoms with Crippen molar-refractivity contribution in [2.45, 2.75) is 5.60 Å². The van der Waals surface area contributed by atoms with Gasteiger partial charge in [-0.2, -0.15) is 0 Å². The van der Waals surface area contributed by atoms with Crippen molar-refractivity contribution in [2.24, 2.45) is 0 Å². The normalized spacial score (nSPS) is 11.4. The average molecular weight is 353 g/mol. The molecule has 2 heteroatoms. The number of benzene rings is 3. The predicted octanol–water partition coefficient (Wildman–Crippen LogP) is 5.39. The van der Waals surface area contributed by atoms with Crippen LogP contribution in [-0.4, -0.2) is 7.11 Å². The molecule has 0 fully saturated rings. The summed E-state index contributed by atoms with van der Waals surface area (Å²) in [6.45, 7) is 0. The average Bonchev–Trinajstić information content (AvgIpc) is 2.59. The van der Waals surface area contributed by atoms with Crippen molar-refractivity contribution in [3.05, 3.63) is 106 Å². The molecular formula is C20H17BrO. The van der Waals surface area contributed by atoms with E-state index in [1.807, 2.05) is 36.4 Å². The van der Waals surface area contributed by atoms with Gasteiger partial charge in [-0.15, -0.1) is 0 Å². The van der Waals surface area contributed by atoms with Gasteiger partial charge in [0.1, 0.15) is 5.60 Å². The van der Waals surface area contributed by atoms with Gasteiger partial charge in [-0.25, -0.2) is 0 Å². The van der Waals surface area contributed by atoms with E-state index < -0.39 is 5.60 Å². The minimum atomic E-state index is -0.608. The third-order valence-electron chi connectivity index (χ3n) is 3.92. The first-order valence-corrected chi connectivity index (χ1v) is 7.99. The Morgan fingerprint density at radius 2 is 1.05 bits per heavy atom. The zero-order chi connectivity index (χ0) is 15.4. The lowest BCUT2D eigenvalue weighted by Gasteiger charge is -2.34. The van der Waals surface area contributed by atoms with Gasteiger partial charge in [-0.05, 0) is 28.8 Å². The van der Waals surface area contributed by atoms with Crippen LogP contribution in [0.1, 0.15) is 16.7 Å². The molecule has 0 radical (unpaired) electrons. The van der Waals surface area contributed by atoms with Gasteiger partial charge in [0.2, 0.25) is 0 Å². The molecule has 0 unspecified atom stereocenters. The zero-order valence-electron chi connectivity index (χ0n) is 12.4. The lowest BCUT2D eigenvalue weighted by Crippen LogP contribution is -2.31. The van der Waals surface area contributed by atoms with Crippen molar-refractivity contribution in [3.63, 3.8) is 0 Å². The van der Waals surface area contributed by atoms with Gasteiger partial charge in [0.25, 0.3) is 0 Å². The maximum atomic E-state index is 6.12. The first-order chi connectivity index (χ1) is 10.8. The molecule has 0 atom stereocenters. The quantitative estimate of drug-likeness (QED) is 0.572.